The van der Waals surface area contributed by atoms with Crippen molar-refractivity contribution in [3.63, 3.8) is 0 Å². The quantitative estimate of drug-likeness (QED) is 0.523. The van der Waals surface area contributed by atoms with Crippen LogP contribution in [0.3, 0.4) is 0 Å². The molecule has 2 aliphatic rings. The molecule has 1 aliphatic carbocycles. The number of hydrogen-bond acceptors (Lipinski definition) is 8. The minimum absolute atomic E-state index is 0.00889. The van der Waals surface area contributed by atoms with E-state index >= 15 is 0 Å². The van der Waals surface area contributed by atoms with Crippen molar-refractivity contribution in [1.82, 2.24) is 29.5 Å². The summed E-state index contributed by atoms with van der Waals surface area (Å²) in [6, 6.07) is 0.483. The van der Waals surface area contributed by atoms with Gasteiger partial charge in [-0.15, -0.1) is 0 Å². The Morgan fingerprint density at radius 3 is 2.79 bits per heavy atom. The van der Waals surface area contributed by atoms with Gasteiger partial charge in [-0.3, -0.25) is 4.98 Å². The molecule has 0 atom stereocenters. The predicted octanol–water partition coefficient (Wildman–Crippen LogP) is -0.985. The van der Waals surface area contributed by atoms with E-state index in [1.54, 1.807) is 16.8 Å². The van der Waals surface area contributed by atoms with Crippen molar-refractivity contribution in [3.05, 3.63) is 33.2 Å². The van der Waals surface area contributed by atoms with Crippen molar-refractivity contribution >= 4 is 11.7 Å². The lowest BCUT2D eigenvalue weighted by Gasteiger charge is -2.21. The molecule has 28 heavy (non-hydrogen) atoms. The summed E-state index contributed by atoms with van der Waals surface area (Å²) in [5.74, 6) is -0.250. The molecule has 11 nitrogen and oxygen atoms in total. The Labute approximate surface area is 157 Å². The van der Waals surface area contributed by atoms with Gasteiger partial charge >= 0.3 is 11.7 Å². The molecule has 0 unspecified atom stereocenters. The number of aromatic amines is 2. The van der Waals surface area contributed by atoms with Crippen LogP contribution < -0.4 is 21.3 Å². The maximum Gasteiger partial charge on any atom is 0.326 e. The first-order valence-corrected chi connectivity index (χ1v) is 9.23. The van der Waals surface area contributed by atoms with Gasteiger partial charge in [-0.2, -0.15) is 19.6 Å². The molecule has 5 rings (SSSR count). The Morgan fingerprint density at radius 1 is 1.25 bits per heavy atom. The van der Waals surface area contributed by atoms with Crippen molar-refractivity contribution in [2.75, 3.05) is 13.2 Å². The normalized spacial score (nSPS) is 19.6. The fourth-order valence-corrected chi connectivity index (χ4v) is 3.06. The summed E-state index contributed by atoms with van der Waals surface area (Å²) in [5, 5.41) is 14.7. The number of rotatable bonds is 4. The fraction of sp³-hybridized carbons (Fsp3) is 0.471. The summed E-state index contributed by atoms with van der Waals surface area (Å²) in [4.78, 5) is 29.7. The minimum Gasteiger partial charge on any atom is -0.493 e. The van der Waals surface area contributed by atoms with E-state index in [4.69, 9.17) is 9.47 Å². The molecule has 3 aromatic heterocycles. The molecular weight excluding hydrogens is 366 g/mol. The highest BCUT2D eigenvalue weighted by Crippen LogP contribution is 2.22. The first-order chi connectivity index (χ1) is 13.7. The molecule has 11 heteroatoms. The Morgan fingerprint density at radius 2 is 2.07 bits per heavy atom. The van der Waals surface area contributed by atoms with Gasteiger partial charge in [-0.05, 0) is 18.9 Å². The largest absolute Gasteiger partial charge is 0.493 e. The Bertz CT molecular complexity index is 1180. The van der Waals surface area contributed by atoms with Crippen molar-refractivity contribution in [2.24, 2.45) is 4.99 Å². The monoisotopic (exact) mass is 385 g/mol. The number of H-pyrrole nitrogens is 2. The molecule has 1 saturated carbocycles. The van der Waals surface area contributed by atoms with Gasteiger partial charge in [0.15, 0.2) is 5.65 Å². The maximum absolute atomic E-state index is 11.4. The van der Waals surface area contributed by atoms with E-state index in [0.29, 0.717) is 29.7 Å². The molecule has 0 aromatic carbocycles. The molecule has 0 amide bonds. The Kier molecular flexibility index (Phi) is 4.08. The van der Waals surface area contributed by atoms with Crippen molar-refractivity contribution in [3.8, 4) is 11.9 Å². The van der Waals surface area contributed by atoms with Crippen molar-refractivity contribution < 1.29 is 14.6 Å². The van der Waals surface area contributed by atoms with Crippen LogP contribution in [0.4, 0.5) is 0 Å². The van der Waals surface area contributed by atoms with Crippen molar-refractivity contribution in [1.29, 1.82) is 0 Å². The molecule has 3 aromatic rings. The van der Waals surface area contributed by atoms with Gasteiger partial charge < -0.3 is 19.6 Å². The van der Waals surface area contributed by atoms with Gasteiger partial charge in [-0.1, -0.05) is 0 Å². The van der Waals surface area contributed by atoms with Gasteiger partial charge in [0.25, 0.3) is 5.62 Å². The molecule has 3 N–H and O–H groups in total. The third-order valence-corrected chi connectivity index (χ3v) is 4.68. The summed E-state index contributed by atoms with van der Waals surface area (Å²) >= 11 is 0. The van der Waals surface area contributed by atoms with E-state index in [2.05, 4.69) is 30.0 Å². The standard InChI is InChI=1S/C17H19N7O4/c25-14-12(20-16(26)22-14)7-9-8-18-24-13(9)21-17(23-15(24)19-10-1-2-10)28-11-3-5-27-6-4-11/h7-8,10-11,25H,1-6H2,(H2,20,22,26)/b9-7+,19-15?. The SMILES string of the molecule is O=c1[nH]c(O)c(/C=c2\cnn3c(=NC4CC4)nc(OC4CCOCC4)nc23)[nH]1. The van der Waals surface area contributed by atoms with Crippen LogP contribution in [-0.4, -0.2) is 60.0 Å². The molecule has 1 saturated heterocycles. The number of nitrogens with one attached hydrogen (secondary N) is 2. The lowest BCUT2D eigenvalue weighted by atomic mass is 10.2. The molecule has 1 aliphatic heterocycles. The summed E-state index contributed by atoms with van der Waals surface area (Å²) in [6.07, 6.45) is 6.77. The van der Waals surface area contributed by atoms with E-state index in [1.807, 2.05) is 0 Å². The van der Waals surface area contributed by atoms with Crippen LogP contribution in [0.15, 0.2) is 16.0 Å². The number of fused-ring (bicyclic) bond motifs is 1. The highest BCUT2D eigenvalue weighted by molar-refractivity contribution is 5.56. The molecule has 146 valence electrons. The number of aromatic hydroxyl groups is 1. The van der Waals surface area contributed by atoms with Gasteiger partial charge in [0, 0.05) is 18.1 Å². The first kappa shape index (κ1) is 16.9. The summed E-state index contributed by atoms with van der Waals surface area (Å²) in [7, 11) is 0. The molecule has 4 heterocycles. The first-order valence-electron chi connectivity index (χ1n) is 9.23. The summed E-state index contributed by atoms with van der Waals surface area (Å²) in [5.41, 5.74) is 0.660. The van der Waals surface area contributed by atoms with Gasteiger partial charge in [0.1, 0.15) is 11.8 Å². The molecular formula is C17H19N7O4. The van der Waals surface area contributed by atoms with Crippen LogP contribution in [0, 0.1) is 0 Å². The average molecular weight is 385 g/mol. The second-order valence-corrected chi connectivity index (χ2v) is 6.92. The highest BCUT2D eigenvalue weighted by Gasteiger charge is 2.22. The number of ether oxygens (including phenoxy) is 2. The second kappa shape index (κ2) is 6.75. The second-order valence-electron chi connectivity index (χ2n) is 6.92. The zero-order valence-corrected chi connectivity index (χ0v) is 15.0. The van der Waals surface area contributed by atoms with Crippen LogP contribution in [0.5, 0.6) is 11.9 Å². The molecule has 0 spiro atoms. The zero-order valence-electron chi connectivity index (χ0n) is 15.0. The van der Waals surface area contributed by atoms with E-state index in [9.17, 15) is 9.90 Å². The predicted molar refractivity (Wildman–Crippen MR) is 95.7 cm³/mol. The summed E-state index contributed by atoms with van der Waals surface area (Å²) in [6.45, 7) is 1.30. The summed E-state index contributed by atoms with van der Waals surface area (Å²) < 4.78 is 12.9. The van der Waals surface area contributed by atoms with Crippen LogP contribution in [0.1, 0.15) is 31.4 Å². The van der Waals surface area contributed by atoms with E-state index in [0.717, 1.165) is 25.7 Å². The highest BCUT2D eigenvalue weighted by atomic mass is 16.5. The van der Waals surface area contributed by atoms with Crippen LogP contribution in [-0.2, 0) is 4.74 Å². The average Bonchev–Trinajstić information content (AvgIpc) is 3.32. The van der Waals surface area contributed by atoms with Crippen molar-refractivity contribution in [2.45, 2.75) is 37.8 Å². The third kappa shape index (κ3) is 3.36. The van der Waals surface area contributed by atoms with Crippen LogP contribution in [0.2, 0.25) is 0 Å². The van der Waals surface area contributed by atoms with E-state index in [-0.39, 0.29) is 29.7 Å². The Balaban J connectivity index is 1.63. The minimum atomic E-state index is -0.497. The van der Waals surface area contributed by atoms with Gasteiger partial charge in [0.2, 0.25) is 5.88 Å². The lowest BCUT2D eigenvalue weighted by molar-refractivity contribution is 0.0215. The van der Waals surface area contributed by atoms with Crippen LogP contribution in [0.25, 0.3) is 11.7 Å². The smallest absolute Gasteiger partial charge is 0.326 e. The lowest BCUT2D eigenvalue weighted by Crippen LogP contribution is -2.29. The topological polar surface area (TPSA) is 143 Å². The number of imidazole rings is 1. The number of hydrogen-bond donors (Lipinski definition) is 3. The van der Waals surface area contributed by atoms with Gasteiger partial charge in [-0.25, -0.2) is 9.79 Å². The molecule has 0 radical (unpaired) electrons. The molecule has 0 bridgehead atoms. The maximum atomic E-state index is 11.4. The molecule has 2 fully saturated rings. The third-order valence-electron chi connectivity index (χ3n) is 4.68. The fourth-order valence-electron chi connectivity index (χ4n) is 3.06. The Hall–Kier alpha value is -3.21. The zero-order chi connectivity index (χ0) is 19.1. The van der Waals surface area contributed by atoms with E-state index < -0.39 is 5.69 Å². The van der Waals surface area contributed by atoms with E-state index in [1.165, 1.54) is 0 Å². The number of aromatic nitrogens is 6. The van der Waals surface area contributed by atoms with Crippen LogP contribution >= 0.6 is 0 Å². The number of nitrogens with zero attached hydrogens (tertiary/aromatic N) is 5. The van der Waals surface area contributed by atoms with Gasteiger partial charge in [0.05, 0.1) is 25.5 Å².